The summed E-state index contributed by atoms with van der Waals surface area (Å²) in [6.45, 7) is 4.21. The zero-order chi connectivity index (χ0) is 14.2. The van der Waals surface area contributed by atoms with E-state index >= 15 is 0 Å². The van der Waals surface area contributed by atoms with Crippen LogP contribution in [0.3, 0.4) is 0 Å². The molecule has 2 atom stereocenters. The van der Waals surface area contributed by atoms with Crippen LogP contribution in [-0.4, -0.2) is 16.2 Å². The molecule has 1 heterocycles. The summed E-state index contributed by atoms with van der Waals surface area (Å²) >= 11 is 0. The van der Waals surface area contributed by atoms with Gasteiger partial charge in [-0.15, -0.1) is 0 Å². The number of rotatable bonds is 3. The molecule has 0 amide bonds. The Morgan fingerprint density at radius 1 is 1.20 bits per heavy atom. The first-order valence-electron chi connectivity index (χ1n) is 6.91. The number of nitrogens with two attached hydrogens (primary N) is 1. The highest BCUT2D eigenvalue weighted by Crippen LogP contribution is 2.32. The highest BCUT2D eigenvalue weighted by molar-refractivity contribution is 5.30. The summed E-state index contributed by atoms with van der Waals surface area (Å²) in [4.78, 5) is 4.59. The van der Waals surface area contributed by atoms with E-state index in [1.807, 2.05) is 24.3 Å². The minimum atomic E-state index is -0.270. The molecule has 4 nitrogen and oxygen atoms in total. The van der Waals surface area contributed by atoms with Crippen molar-refractivity contribution in [3.05, 3.63) is 59.8 Å². The normalized spacial score (nSPS) is 22.4. The highest BCUT2D eigenvalue weighted by atomic mass is 16.5. The summed E-state index contributed by atoms with van der Waals surface area (Å²) in [5.41, 5.74) is 6.77. The number of hydrogen-bond donors (Lipinski definition) is 1. The average Bonchev–Trinajstić information content (AvgIpc) is 3.08. The second kappa shape index (κ2) is 4.87. The van der Waals surface area contributed by atoms with Gasteiger partial charge in [0, 0.05) is 6.04 Å². The van der Waals surface area contributed by atoms with Gasteiger partial charge in [-0.1, -0.05) is 47.6 Å². The van der Waals surface area contributed by atoms with Gasteiger partial charge in [-0.05, 0) is 25.8 Å². The average molecular weight is 269 g/mol. The van der Waals surface area contributed by atoms with Gasteiger partial charge in [-0.3, -0.25) is 0 Å². The van der Waals surface area contributed by atoms with Gasteiger partial charge in [0.2, 0.25) is 5.89 Å². The summed E-state index contributed by atoms with van der Waals surface area (Å²) in [7, 11) is 0. The van der Waals surface area contributed by atoms with Crippen LogP contribution < -0.4 is 5.73 Å². The fourth-order valence-electron chi connectivity index (χ4n) is 2.53. The molecule has 0 spiro atoms. The molecule has 1 aromatic heterocycles. The first-order valence-corrected chi connectivity index (χ1v) is 6.91. The largest absolute Gasteiger partial charge is 0.339 e. The van der Waals surface area contributed by atoms with Crippen molar-refractivity contribution in [3.8, 4) is 0 Å². The standard InChI is InChI=1S/C16H19N3O/c1-16(2,12-6-4-3-5-7-12)15-18-14(20-19-15)11-8-9-13(17)10-11/h3-9,11,13H,10,17H2,1-2H3. The van der Waals surface area contributed by atoms with Crippen molar-refractivity contribution in [1.82, 2.24) is 10.1 Å². The predicted molar refractivity (Wildman–Crippen MR) is 77.3 cm³/mol. The lowest BCUT2D eigenvalue weighted by atomic mass is 9.84. The van der Waals surface area contributed by atoms with Crippen molar-refractivity contribution in [1.29, 1.82) is 0 Å². The Labute approximate surface area is 118 Å². The van der Waals surface area contributed by atoms with E-state index in [0.29, 0.717) is 11.7 Å². The monoisotopic (exact) mass is 269 g/mol. The van der Waals surface area contributed by atoms with Crippen molar-refractivity contribution in [2.45, 2.75) is 37.6 Å². The molecule has 2 aromatic rings. The maximum Gasteiger partial charge on any atom is 0.233 e. The molecule has 0 bridgehead atoms. The Bertz CT molecular complexity index is 616. The van der Waals surface area contributed by atoms with E-state index in [2.05, 4.69) is 42.2 Å². The van der Waals surface area contributed by atoms with Gasteiger partial charge in [-0.25, -0.2) is 0 Å². The van der Waals surface area contributed by atoms with Crippen molar-refractivity contribution in [2.24, 2.45) is 5.73 Å². The first kappa shape index (κ1) is 13.1. The van der Waals surface area contributed by atoms with Crippen LogP contribution in [0.15, 0.2) is 47.0 Å². The smallest absolute Gasteiger partial charge is 0.233 e. The van der Waals surface area contributed by atoms with Crippen molar-refractivity contribution < 1.29 is 4.52 Å². The zero-order valence-electron chi connectivity index (χ0n) is 11.8. The van der Waals surface area contributed by atoms with Gasteiger partial charge in [-0.2, -0.15) is 4.98 Å². The van der Waals surface area contributed by atoms with Gasteiger partial charge in [0.1, 0.15) is 0 Å². The Morgan fingerprint density at radius 3 is 2.60 bits per heavy atom. The summed E-state index contributed by atoms with van der Waals surface area (Å²) in [5.74, 6) is 1.53. The molecule has 1 aliphatic rings. The quantitative estimate of drug-likeness (QED) is 0.870. The Balaban J connectivity index is 1.88. The molecule has 0 fully saturated rings. The molecule has 2 N–H and O–H groups in total. The number of allylic oxidation sites excluding steroid dienone is 1. The fourth-order valence-corrected chi connectivity index (χ4v) is 2.53. The third-order valence-electron chi connectivity index (χ3n) is 3.93. The molecule has 0 aliphatic heterocycles. The molecule has 1 aromatic carbocycles. The van der Waals surface area contributed by atoms with E-state index in [-0.39, 0.29) is 17.4 Å². The molecular weight excluding hydrogens is 250 g/mol. The van der Waals surface area contributed by atoms with E-state index in [9.17, 15) is 0 Å². The molecule has 3 rings (SSSR count). The highest BCUT2D eigenvalue weighted by Gasteiger charge is 2.31. The van der Waals surface area contributed by atoms with Gasteiger partial charge in [0.15, 0.2) is 5.82 Å². The SMILES string of the molecule is CC(C)(c1ccccc1)c1noc(C2C=CC(N)C2)n1. The van der Waals surface area contributed by atoms with Gasteiger partial charge in [0.05, 0.1) is 11.3 Å². The van der Waals surface area contributed by atoms with Crippen LogP contribution in [0, 0.1) is 0 Å². The number of benzene rings is 1. The second-order valence-corrected chi connectivity index (χ2v) is 5.84. The third-order valence-corrected chi connectivity index (χ3v) is 3.93. The molecule has 104 valence electrons. The predicted octanol–water partition coefficient (Wildman–Crippen LogP) is 2.77. The molecule has 0 radical (unpaired) electrons. The Morgan fingerprint density at radius 2 is 1.95 bits per heavy atom. The molecular formula is C16H19N3O. The molecule has 2 unspecified atom stereocenters. The van der Waals surface area contributed by atoms with Gasteiger partial charge < -0.3 is 10.3 Å². The van der Waals surface area contributed by atoms with Crippen LogP contribution in [0.25, 0.3) is 0 Å². The van der Waals surface area contributed by atoms with Crippen LogP contribution in [0.4, 0.5) is 0 Å². The summed E-state index contributed by atoms with van der Waals surface area (Å²) in [6.07, 6.45) is 4.89. The number of nitrogens with zero attached hydrogens (tertiary/aromatic N) is 2. The van der Waals surface area contributed by atoms with Crippen molar-refractivity contribution in [2.75, 3.05) is 0 Å². The Hall–Kier alpha value is -1.94. The lowest BCUT2D eigenvalue weighted by Crippen LogP contribution is -2.20. The maximum atomic E-state index is 5.87. The van der Waals surface area contributed by atoms with Gasteiger partial charge in [0.25, 0.3) is 0 Å². The molecule has 20 heavy (non-hydrogen) atoms. The maximum absolute atomic E-state index is 5.87. The fraction of sp³-hybridized carbons (Fsp3) is 0.375. The number of aromatic nitrogens is 2. The minimum absolute atomic E-state index is 0.0949. The van der Waals surface area contributed by atoms with Gasteiger partial charge >= 0.3 is 0 Å². The second-order valence-electron chi connectivity index (χ2n) is 5.84. The van der Waals surface area contributed by atoms with Crippen LogP contribution in [0.1, 0.15) is 43.5 Å². The van der Waals surface area contributed by atoms with Crippen LogP contribution in [0.5, 0.6) is 0 Å². The summed E-state index contributed by atoms with van der Waals surface area (Å²) in [5, 5.41) is 4.17. The number of hydrogen-bond acceptors (Lipinski definition) is 4. The molecule has 0 saturated carbocycles. The van der Waals surface area contributed by atoms with Crippen LogP contribution >= 0.6 is 0 Å². The van der Waals surface area contributed by atoms with E-state index in [1.54, 1.807) is 0 Å². The molecule has 1 aliphatic carbocycles. The van der Waals surface area contributed by atoms with Crippen molar-refractivity contribution >= 4 is 0 Å². The van der Waals surface area contributed by atoms with E-state index in [1.165, 1.54) is 5.56 Å². The zero-order valence-corrected chi connectivity index (χ0v) is 11.8. The van der Waals surface area contributed by atoms with E-state index < -0.39 is 0 Å². The topological polar surface area (TPSA) is 64.9 Å². The lowest BCUT2D eigenvalue weighted by molar-refractivity contribution is 0.354. The van der Waals surface area contributed by atoms with E-state index in [4.69, 9.17) is 10.3 Å². The van der Waals surface area contributed by atoms with E-state index in [0.717, 1.165) is 6.42 Å². The Kier molecular flexibility index (Phi) is 3.18. The molecule has 4 heteroatoms. The van der Waals surface area contributed by atoms with Crippen molar-refractivity contribution in [3.63, 3.8) is 0 Å². The first-order chi connectivity index (χ1) is 9.57. The third kappa shape index (κ3) is 2.27. The summed E-state index contributed by atoms with van der Waals surface area (Å²) < 4.78 is 5.44. The summed E-state index contributed by atoms with van der Waals surface area (Å²) in [6, 6.07) is 10.3. The lowest BCUT2D eigenvalue weighted by Gasteiger charge is -2.20. The van der Waals surface area contributed by atoms with Crippen LogP contribution in [0.2, 0.25) is 0 Å². The molecule has 0 saturated heterocycles. The van der Waals surface area contributed by atoms with Crippen LogP contribution in [-0.2, 0) is 5.41 Å². The minimum Gasteiger partial charge on any atom is -0.339 e.